The van der Waals surface area contributed by atoms with Gasteiger partial charge in [0, 0.05) is 35.6 Å². The molecule has 0 atom stereocenters. The van der Waals surface area contributed by atoms with Gasteiger partial charge in [0.05, 0.1) is 5.69 Å². The summed E-state index contributed by atoms with van der Waals surface area (Å²) in [4.78, 5) is 6.47. The van der Waals surface area contributed by atoms with Crippen molar-refractivity contribution in [1.29, 1.82) is 5.41 Å². The van der Waals surface area contributed by atoms with Crippen LogP contribution in [0.2, 0.25) is 0 Å². The first-order valence-corrected chi connectivity index (χ1v) is 11.9. The van der Waals surface area contributed by atoms with E-state index in [9.17, 15) is 0 Å². The van der Waals surface area contributed by atoms with Gasteiger partial charge in [0.25, 0.3) is 0 Å². The molecule has 1 saturated carbocycles. The van der Waals surface area contributed by atoms with Crippen LogP contribution in [0.25, 0.3) is 5.57 Å². The minimum Gasteiger partial charge on any atom is -0.335 e. The number of aromatic nitrogens is 1. The van der Waals surface area contributed by atoms with Crippen LogP contribution in [0.3, 0.4) is 0 Å². The van der Waals surface area contributed by atoms with Crippen LogP contribution in [-0.2, 0) is 18.4 Å². The predicted octanol–water partition coefficient (Wildman–Crippen LogP) is 6.80. The molecule has 1 spiro atoms. The molecule has 0 amide bonds. The molecule has 6 heteroatoms. The topological polar surface area (TPSA) is 40.0 Å². The van der Waals surface area contributed by atoms with Crippen molar-refractivity contribution in [3.05, 3.63) is 87.7 Å². The molecule has 1 aliphatic heterocycles. The number of benzene rings is 1. The lowest BCUT2D eigenvalue weighted by atomic mass is 9.69. The number of aryl methyl sites for hydroxylation is 2. The van der Waals surface area contributed by atoms with Crippen molar-refractivity contribution in [2.75, 3.05) is 4.90 Å². The highest BCUT2D eigenvalue weighted by Gasteiger charge is 2.54. The number of nitrogens with zero attached hydrogens (tertiary/aromatic N) is 2. The summed E-state index contributed by atoms with van der Waals surface area (Å²) in [7, 11) is 1.87. The van der Waals surface area contributed by atoms with E-state index < -0.39 is 11.6 Å². The molecular formula is C28H31BF2N3. The lowest BCUT2D eigenvalue weighted by molar-refractivity contribution is 0.551. The molecule has 2 aliphatic rings. The summed E-state index contributed by atoms with van der Waals surface area (Å²) in [6, 6.07) is 3.68. The molecule has 3 nitrogen and oxygen atoms in total. The quantitative estimate of drug-likeness (QED) is 0.366. The maximum absolute atomic E-state index is 15.6. The van der Waals surface area contributed by atoms with Gasteiger partial charge in [0.15, 0.2) is 18.9 Å². The second-order valence-corrected chi connectivity index (χ2v) is 9.35. The van der Waals surface area contributed by atoms with Crippen molar-refractivity contribution in [3.63, 3.8) is 0 Å². The third-order valence-corrected chi connectivity index (χ3v) is 6.84. The zero-order valence-electron chi connectivity index (χ0n) is 20.4. The van der Waals surface area contributed by atoms with Crippen LogP contribution in [0.15, 0.2) is 48.1 Å². The number of fused-ring (bicyclic) bond motifs is 2. The zero-order chi connectivity index (χ0) is 24.6. The SMILES string of the molecule is C=C(C)[B]/C=C(\C=N)c1cc2c(cn1)CN(c1c(F)c(C)cc(CC)c1F)/C(=C\CC)C21CC1. The Morgan fingerprint density at radius 1 is 1.26 bits per heavy atom. The van der Waals surface area contributed by atoms with Gasteiger partial charge in [0.2, 0.25) is 0 Å². The molecule has 1 fully saturated rings. The second-order valence-electron chi connectivity index (χ2n) is 9.35. The highest BCUT2D eigenvalue weighted by Crippen LogP contribution is 2.59. The van der Waals surface area contributed by atoms with Crippen LogP contribution in [0.1, 0.15) is 68.0 Å². The Labute approximate surface area is 202 Å². The van der Waals surface area contributed by atoms with E-state index in [1.807, 2.05) is 38.2 Å². The van der Waals surface area contributed by atoms with Crippen LogP contribution in [0.5, 0.6) is 0 Å². The van der Waals surface area contributed by atoms with Gasteiger partial charge >= 0.3 is 0 Å². The summed E-state index contributed by atoms with van der Waals surface area (Å²) < 4.78 is 31.0. The van der Waals surface area contributed by atoms with Gasteiger partial charge in [-0.2, -0.15) is 0 Å². The molecule has 1 aromatic carbocycles. The smallest absolute Gasteiger partial charge is 0.175 e. The number of pyridine rings is 1. The number of halogens is 2. The number of anilines is 1. The fourth-order valence-corrected chi connectivity index (χ4v) is 4.97. The van der Waals surface area contributed by atoms with E-state index in [1.165, 1.54) is 6.21 Å². The van der Waals surface area contributed by atoms with Gasteiger partial charge in [-0.15, -0.1) is 18.0 Å². The number of hydrogen-bond acceptors (Lipinski definition) is 3. The molecule has 34 heavy (non-hydrogen) atoms. The molecule has 2 heterocycles. The number of nitrogens with one attached hydrogen (secondary N) is 1. The lowest BCUT2D eigenvalue weighted by Gasteiger charge is -2.40. The van der Waals surface area contributed by atoms with Crippen molar-refractivity contribution < 1.29 is 8.78 Å². The van der Waals surface area contributed by atoms with Gasteiger partial charge in [-0.1, -0.05) is 32.9 Å². The third kappa shape index (κ3) is 4.04. The first-order chi connectivity index (χ1) is 16.3. The van der Waals surface area contributed by atoms with Crippen LogP contribution >= 0.6 is 0 Å². The molecule has 1 aliphatic carbocycles. The number of hydrogen-bond donors (Lipinski definition) is 1. The summed E-state index contributed by atoms with van der Waals surface area (Å²) in [5.41, 5.74) is 6.19. The fraction of sp³-hybridized carbons (Fsp3) is 0.357. The Morgan fingerprint density at radius 2 is 2.00 bits per heavy atom. The monoisotopic (exact) mass is 458 g/mol. The molecule has 0 bridgehead atoms. The molecular weight excluding hydrogens is 427 g/mol. The van der Waals surface area contributed by atoms with Crippen molar-refractivity contribution in [1.82, 2.24) is 4.98 Å². The molecule has 0 saturated heterocycles. The Bertz CT molecular complexity index is 1220. The van der Waals surface area contributed by atoms with Gasteiger partial charge in [0.1, 0.15) is 5.69 Å². The van der Waals surface area contributed by atoms with Crippen molar-refractivity contribution in [2.45, 2.75) is 65.3 Å². The van der Waals surface area contributed by atoms with Gasteiger partial charge in [-0.3, -0.25) is 4.98 Å². The second kappa shape index (κ2) is 9.32. The predicted molar refractivity (Wildman–Crippen MR) is 138 cm³/mol. The van der Waals surface area contributed by atoms with Crippen LogP contribution < -0.4 is 4.90 Å². The molecule has 1 N–H and O–H groups in total. The highest BCUT2D eigenvalue weighted by molar-refractivity contribution is 6.53. The largest absolute Gasteiger partial charge is 0.335 e. The first kappa shape index (κ1) is 24.1. The summed E-state index contributed by atoms with van der Waals surface area (Å²) >= 11 is 0. The van der Waals surface area contributed by atoms with E-state index in [2.05, 4.69) is 30.6 Å². The normalized spacial score (nSPS) is 17.6. The first-order valence-electron chi connectivity index (χ1n) is 11.9. The van der Waals surface area contributed by atoms with Crippen LogP contribution in [0.4, 0.5) is 14.5 Å². The molecule has 1 radical (unpaired) electrons. The van der Waals surface area contributed by atoms with E-state index in [0.717, 1.165) is 47.3 Å². The minimum atomic E-state index is -0.495. The summed E-state index contributed by atoms with van der Waals surface area (Å²) in [6.07, 6.45) is 8.35. The van der Waals surface area contributed by atoms with E-state index >= 15 is 8.78 Å². The van der Waals surface area contributed by atoms with E-state index in [1.54, 1.807) is 13.0 Å². The Kier molecular flexibility index (Phi) is 6.61. The minimum absolute atomic E-state index is 0.0497. The maximum atomic E-state index is 15.6. The van der Waals surface area contributed by atoms with Crippen molar-refractivity contribution in [2.24, 2.45) is 0 Å². The molecule has 2 aromatic rings. The van der Waals surface area contributed by atoms with E-state index in [0.29, 0.717) is 29.7 Å². The van der Waals surface area contributed by atoms with Crippen LogP contribution in [0, 0.1) is 24.0 Å². The fourth-order valence-electron chi connectivity index (χ4n) is 4.97. The highest BCUT2D eigenvalue weighted by atomic mass is 19.1. The Morgan fingerprint density at radius 3 is 2.59 bits per heavy atom. The van der Waals surface area contributed by atoms with Crippen LogP contribution in [-0.4, -0.2) is 18.5 Å². The molecule has 0 unspecified atom stereocenters. The van der Waals surface area contributed by atoms with Gasteiger partial charge in [-0.05, 0) is 60.9 Å². The maximum Gasteiger partial charge on any atom is 0.175 e. The van der Waals surface area contributed by atoms with Crippen molar-refractivity contribution in [3.8, 4) is 0 Å². The zero-order valence-corrected chi connectivity index (χ0v) is 20.4. The van der Waals surface area contributed by atoms with Gasteiger partial charge < -0.3 is 10.3 Å². The summed E-state index contributed by atoms with van der Waals surface area (Å²) in [6.45, 7) is 11.8. The Balaban J connectivity index is 1.87. The Hall–Kier alpha value is -3.02. The average Bonchev–Trinajstić information content (AvgIpc) is 3.60. The lowest BCUT2D eigenvalue weighted by Crippen LogP contribution is -2.37. The molecule has 4 rings (SSSR count). The summed E-state index contributed by atoms with van der Waals surface area (Å²) in [5, 5.41) is 7.87. The number of allylic oxidation sites excluding steroid dienone is 4. The standard InChI is InChI=1S/C28H31BF2N3/c1-6-8-24-28(9-10-28)22-12-23(20(14-32)13-29-17(3)4)33-15-21(22)16-34(24)27-25(30)18(5)11-19(7-2)26(27)31/h8,11-15,32H,3,6-7,9-10,16H2,1-2,4-5H3/b20-13+,24-8-,32-14?. The van der Waals surface area contributed by atoms with Gasteiger partial charge in [-0.25, -0.2) is 8.78 Å². The molecule has 1 aromatic heterocycles. The van der Waals surface area contributed by atoms with E-state index in [4.69, 9.17) is 5.41 Å². The molecule has 175 valence electrons. The van der Waals surface area contributed by atoms with Crippen molar-refractivity contribution >= 4 is 24.8 Å². The summed E-state index contributed by atoms with van der Waals surface area (Å²) in [5.74, 6) is 0.886. The van der Waals surface area contributed by atoms with E-state index in [-0.39, 0.29) is 11.1 Å². The third-order valence-electron chi connectivity index (χ3n) is 6.84. The number of rotatable bonds is 7. The average molecular weight is 458 g/mol.